The summed E-state index contributed by atoms with van der Waals surface area (Å²) in [6, 6.07) is 28.4. The van der Waals surface area contributed by atoms with E-state index in [1.54, 1.807) is 0 Å². The number of fused-ring (bicyclic) bond motifs is 1. The van der Waals surface area contributed by atoms with Gasteiger partial charge in [0.05, 0.1) is 0 Å². The van der Waals surface area contributed by atoms with Crippen molar-refractivity contribution in [3.63, 3.8) is 0 Å². The van der Waals surface area contributed by atoms with Gasteiger partial charge in [-0.15, -0.1) is 0 Å². The second kappa shape index (κ2) is 7.14. The lowest BCUT2D eigenvalue weighted by atomic mass is 9.83. The van der Waals surface area contributed by atoms with Crippen LogP contribution in [0.5, 0.6) is 0 Å². The number of primary amides is 1. The first-order valence-corrected chi connectivity index (χ1v) is 8.95. The molecule has 3 heteroatoms. The number of rotatable bonds is 4. The van der Waals surface area contributed by atoms with Gasteiger partial charge in [-0.2, -0.15) is 0 Å². The van der Waals surface area contributed by atoms with Gasteiger partial charge in [0.15, 0.2) is 0 Å². The Balaban J connectivity index is 1.76. The molecular weight excluding hydrogens is 320 g/mol. The molecular formula is C23H22N2O. The molecule has 0 radical (unpaired) electrons. The van der Waals surface area contributed by atoms with Crippen LogP contribution in [-0.2, 0) is 11.3 Å². The molecule has 4 rings (SSSR count). The predicted octanol–water partition coefficient (Wildman–Crippen LogP) is 3.86. The van der Waals surface area contributed by atoms with Gasteiger partial charge in [-0.25, -0.2) is 0 Å². The van der Waals surface area contributed by atoms with E-state index in [1.165, 1.54) is 16.7 Å². The summed E-state index contributed by atoms with van der Waals surface area (Å²) in [6.45, 7) is 1.49. The lowest BCUT2D eigenvalue weighted by molar-refractivity contribution is -0.124. The van der Waals surface area contributed by atoms with Crippen LogP contribution in [0.4, 0.5) is 0 Å². The molecule has 3 aromatic carbocycles. The van der Waals surface area contributed by atoms with Crippen molar-refractivity contribution in [1.82, 2.24) is 4.90 Å². The van der Waals surface area contributed by atoms with Crippen molar-refractivity contribution in [2.45, 2.75) is 18.5 Å². The van der Waals surface area contributed by atoms with E-state index in [-0.39, 0.29) is 11.8 Å². The first kappa shape index (κ1) is 16.6. The third kappa shape index (κ3) is 3.14. The van der Waals surface area contributed by atoms with E-state index >= 15 is 0 Å². The fraction of sp³-hybridized carbons (Fsp3) is 0.174. The summed E-state index contributed by atoms with van der Waals surface area (Å²) >= 11 is 0. The van der Waals surface area contributed by atoms with Gasteiger partial charge in [0.2, 0.25) is 5.91 Å². The second-order valence-electron chi connectivity index (χ2n) is 6.81. The van der Waals surface area contributed by atoms with E-state index in [4.69, 9.17) is 5.73 Å². The van der Waals surface area contributed by atoms with Gasteiger partial charge in [0, 0.05) is 19.0 Å². The van der Waals surface area contributed by atoms with Crippen molar-refractivity contribution in [1.29, 1.82) is 0 Å². The van der Waals surface area contributed by atoms with Crippen molar-refractivity contribution in [2.24, 2.45) is 5.73 Å². The highest BCUT2D eigenvalue weighted by atomic mass is 16.1. The summed E-state index contributed by atoms with van der Waals surface area (Å²) in [5.41, 5.74) is 10.6. The summed E-state index contributed by atoms with van der Waals surface area (Å²) in [5, 5.41) is 0. The summed E-state index contributed by atoms with van der Waals surface area (Å²) in [7, 11) is 0. The molecule has 0 bridgehead atoms. The number of nitrogens with zero attached hydrogens (tertiary/aromatic N) is 1. The molecule has 2 atom stereocenters. The number of benzene rings is 3. The SMILES string of the molecule is NC(=O)C(c1ccccc1)N1Cc2ccccc2C(c2ccccc2)C1. The summed E-state index contributed by atoms with van der Waals surface area (Å²) < 4.78 is 0. The van der Waals surface area contributed by atoms with Crippen LogP contribution in [-0.4, -0.2) is 17.4 Å². The van der Waals surface area contributed by atoms with Crippen LogP contribution >= 0.6 is 0 Å². The summed E-state index contributed by atoms with van der Waals surface area (Å²) in [6.07, 6.45) is 0. The first-order chi connectivity index (χ1) is 12.7. The van der Waals surface area contributed by atoms with Crippen LogP contribution in [0.15, 0.2) is 84.9 Å². The van der Waals surface area contributed by atoms with Crippen molar-refractivity contribution in [3.05, 3.63) is 107 Å². The van der Waals surface area contributed by atoms with Gasteiger partial charge in [-0.3, -0.25) is 9.69 Å². The van der Waals surface area contributed by atoms with Crippen LogP contribution < -0.4 is 5.73 Å². The third-order valence-corrected chi connectivity index (χ3v) is 5.17. The van der Waals surface area contributed by atoms with Crippen molar-refractivity contribution >= 4 is 5.91 Å². The molecule has 2 N–H and O–H groups in total. The zero-order chi connectivity index (χ0) is 17.9. The molecule has 1 heterocycles. The minimum atomic E-state index is -0.421. The van der Waals surface area contributed by atoms with E-state index < -0.39 is 6.04 Å². The monoisotopic (exact) mass is 342 g/mol. The number of carbonyl (C=O) groups is 1. The van der Waals surface area contributed by atoms with Gasteiger partial charge in [0.1, 0.15) is 6.04 Å². The van der Waals surface area contributed by atoms with Crippen LogP contribution in [0.3, 0.4) is 0 Å². The molecule has 1 aliphatic rings. The van der Waals surface area contributed by atoms with E-state index in [0.29, 0.717) is 0 Å². The Labute approximate surface area is 154 Å². The second-order valence-corrected chi connectivity index (χ2v) is 6.81. The van der Waals surface area contributed by atoms with Crippen molar-refractivity contribution in [2.75, 3.05) is 6.54 Å². The molecule has 0 aromatic heterocycles. The Hall–Kier alpha value is -2.91. The molecule has 1 aliphatic heterocycles. The third-order valence-electron chi connectivity index (χ3n) is 5.17. The van der Waals surface area contributed by atoms with Gasteiger partial charge >= 0.3 is 0 Å². The normalized spacial score (nSPS) is 18.1. The highest BCUT2D eigenvalue weighted by Crippen LogP contribution is 2.37. The van der Waals surface area contributed by atoms with E-state index in [1.807, 2.05) is 36.4 Å². The summed E-state index contributed by atoms with van der Waals surface area (Å²) in [4.78, 5) is 14.5. The molecule has 0 aliphatic carbocycles. The van der Waals surface area contributed by atoms with Crippen LogP contribution in [0.1, 0.15) is 34.2 Å². The van der Waals surface area contributed by atoms with Gasteiger partial charge in [0.25, 0.3) is 0 Å². The van der Waals surface area contributed by atoms with Crippen molar-refractivity contribution in [3.8, 4) is 0 Å². The molecule has 0 saturated carbocycles. The van der Waals surface area contributed by atoms with Crippen LogP contribution in [0.25, 0.3) is 0 Å². The fourth-order valence-electron chi connectivity index (χ4n) is 3.99. The Morgan fingerprint density at radius 2 is 1.50 bits per heavy atom. The van der Waals surface area contributed by atoms with Crippen LogP contribution in [0, 0.1) is 0 Å². The molecule has 130 valence electrons. The molecule has 1 amide bonds. The van der Waals surface area contributed by atoms with E-state index in [0.717, 1.165) is 18.7 Å². The Morgan fingerprint density at radius 1 is 0.885 bits per heavy atom. The lowest BCUT2D eigenvalue weighted by Gasteiger charge is -2.38. The minimum absolute atomic E-state index is 0.228. The average Bonchev–Trinajstić information content (AvgIpc) is 2.69. The highest BCUT2D eigenvalue weighted by molar-refractivity contribution is 5.81. The van der Waals surface area contributed by atoms with E-state index in [2.05, 4.69) is 53.4 Å². The number of carbonyl (C=O) groups excluding carboxylic acids is 1. The Kier molecular flexibility index (Phi) is 4.55. The largest absolute Gasteiger partial charge is 0.368 e. The Bertz CT molecular complexity index is 892. The lowest BCUT2D eigenvalue weighted by Crippen LogP contribution is -2.42. The zero-order valence-corrected chi connectivity index (χ0v) is 14.6. The number of hydrogen-bond donors (Lipinski definition) is 1. The number of nitrogens with two attached hydrogens (primary N) is 1. The smallest absolute Gasteiger partial charge is 0.239 e. The topological polar surface area (TPSA) is 46.3 Å². The molecule has 26 heavy (non-hydrogen) atoms. The van der Waals surface area contributed by atoms with Gasteiger partial charge in [-0.05, 0) is 22.3 Å². The van der Waals surface area contributed by atoms with Gasteiger partial charge in [-0.1, -0.05) is 84.9 Å². The minimum Gasteiger partial charge on any atom is -0.368 e. The zero-order valence-electron chi connectivity index (χ0n) is 14.6. The first-order valence-electron chi connectivity index (χ1n) is 8.95. The predicted molar refractivity (Wildman–Crippen MR) is 104 cm³/mol. The fourth-order valence-corrected chi connectivity index (χ4v) is 3.99. The Morgan fingerprint density at radius 3 is 2.19 bits per heavy atom. The number of amides is 1. The van der Waals surface area contributed by atoms with Crippen molar-refractivity contribution < 1.29 is 4.79 Å². The maximum atomic E-state index is 12.3. The number of hydrogen-bond acceptors (Lipinski definition) is 2. The standard InChI is InChI=1S/C23H22N2O/c24-23(26)22(18-11-5-2-6-12-18)25-15-19-13-7-8-14-20(19)21(16-25)17-9-3-1-4-10-17/h1-14,21-22H,15-16H2,(H2,24,26). The molecule has 0 saturated heterocycles. The molecule has 0 spiro atoms. The highest BCUT2D eigenvalue weighted by Gasteiger charge is 2.33. The van der Waals surface area contributed by atoms with Gasteiger partial charge < -0.3 is 5.73 Å². The van der Waals surface area contributed by atoms with E-state index in [9.17, 15) is 4.79 Å². The molecule has 0 fully saturated rings. The maximum absolute atomic E-state index is 12.3. The molecule has 2 unspecified atom stereocenters. The average molecular weight is 342 g/mol. The molecule has 3 nitrogen and oxygen atoms in total. The quantitative estimate of drug-likeness (QED) is 0.782. The van der Waals surface area contributed by atoms with Crippen LogP contribution in [0.2, 0.25) is 0 Å². The molecule has 3 aromatic rings. The maximum Gasteiger partial charge on any atom is 0.239 e. The summed E-state index contributed by atoms with van der Waals surface area (Å²) in [5.74, 6) is -0.0749.